The molecule has 2 heterocycles. The van der Waals surface area contributed by atoms with E-state index in [1.54, 1.807) is 66.7 Å². The molecule has 2 amide bonds. The first-order chi connectivity index (χ1) is 19.9. The highest BCUT2D eigenvalue weighted by Crippen LogP contribution is 2.31. The lowest BCUT2D eigenvalue weighted by molar-refractivity contribution is -0.834. The Labute approximate surface area is 234 Å². The zero-order valence-electron chi connectivity index (χ0n) is 21.5. The van der Waals surface area contributed by atoms with Crippen LogP contribution in [0.25, 0.3) is 0 Å². The summed E-state index contributed by atoms with van der Waals surface area (Å²) >= 11 is 0. The first kappa shape index (κ1) is 27.5. The predicted molar refractivity (Wildman–Crippen MR) is 141 cm³/mol. The highest BCUT2D eigenvalue weighted by atomic mass is 16.7. The first-order valence-corrected chi connectivity index (χ1v) is 12.6. The standard InChI is InChI=1S/C29H25N3O9/c33-26(19-10-4-1-5-11-19)38-18-22-23(40-27(34)20-12-6-2-7-13-20)24(41-28(35)21-14-8-3-9-15-21)25(39-22)31-16-17-32(37)30-29(31)36/h1-17,22-25,32H,18H2,(H,30,36)/t22-,23+,24+,25-/m1/s1. The number of quaternary nitrogens is 1. The van der Waals surface area contributed by atoms with Crippen LogP contribution in [0.2, 0.25) is 0 Å². The summed E-state index contributed by atoms with van der Waals surface area (Å²) in [6.07, 6.45) is -2.94. The predicted octanol–water partition coefficient (Wildman–Crippen LogP) is 1.81. The number of hydroxylamine groups is 1. The summed E-state index contributed by atoms with van der Waals surface area (Å²) in [5.74, 6) is -2.19. The van der Waals surface area contributed by atoms with Crippen LogP contribution in [0.15, 0.2) is 103 Å². The summed E-state index contributed by atoms with van der Waals surface area (Å²) in [5.41, 5.74) is 2.82. The van der Waals surface area contributed by atoms with Crippen LogP contribution >= 0.6 is 0 Å². The van der Waals surface area contributed by atoms with Crippen molar-refractivity contribution in [3.05, 3.63) is 125 Å². The molecule has 210 valence electrons. The summed E-state index contributed by atoms with van der Waals surface area (Å²) < 4.78 is 23.1. The van der Waals surface area contributed by atoms with E-state index in [1.807, 2.05) is 0 Å². The van der Waals surface area contributed by atoms with Gasteiger partial charge in [-0.1, -0.05) is 54.6 Å². The Kier molecular flexibility index (Phi) is 8.34. The smallest absolute Gasteiger partial charge is 0.368 e. The van der Waals surface area contributed by atoms with Crippen molar-refractivity contribution in [2.75, 3.05) is 6.61 Å². The van der Waals surface area contributed by atoms with Crippen LogP contribution < -0.4 is 10.6 Å². The molecule has 0 aromatic heterocycles. The van der Waals surface area contributed by atoms with Crippen LogP contribution in [0.1, 0.15) is 31.1 Å². The van der Waals surface area contributed by atoms with Gasteiger partial charge in [-0.05, 0) is 36.4 Å². The van der Waals surface area contributed by atoms with Crippen LogP contribution in [0.5, 0.6) is 0 Å². The van der Waals surface area contributed by atoms with Crippen molar-refractivity contribution in [1.82, 2.24) is 10.3 Å². The number of hydrogen-bond donors (Lipinski definition) is 2. The normalized spacial score (nSPS) is 23.4. The highest BCUT2D eigenvalue weighted by molar-refractivity contribution is 5.91. The second-order valence-electron chi connectivity index (χ2n) is 9.02. The first-order valence-electron chi connectivity index (χ1n) is 12.6. The number of amides is 2. The van der Waals surface area contributed by atoms with Crippen molar-refractivity contribution in [1.29, 1.82) is 0 Å². The maximum atomic E-state index is 13.1. The van der Waals surface area contributed by atoms with Gasteiger partial charge in [0.15, 0.2) is 18.4 Å². The van der Waals surface area contributed by atoms with Crippen molar-refractivity contribution in [3.8, 4) is 0 Å². The number of carbonyl (C=O) groups is 4. The van der Waals surface area contributed by atoms with Gasteiger partial charge in [-0.2, -0.15) is 5.43 Å². The SMILES string of the molecule is O=C(OC[C@H]1O[C@@H](N2C=C[NH+]([O-])NC2=O)[C@@H](OC(=O)c2ccccc2)[C@H]1OC(=O)c1ccccc1)c1ccccc1. The van der Waals surface area contributed by atoms with Crippen LogP contribution in [-0.2, 0) is 18.9 Å². The highest BCUT2D eigenvalue weighted by Gasteiger charge is 2.54. The number of urea groups is 1. The molecule has 5 atom stereocenters. The van der Waals surface area contributed by atoms with Gasteiger partial charge in [-0.25, -0.2) is 24.4 Å². The molecular formula is C29H25N3O9. The molecule has 2 N–H and O–H groups in total. The zero-order chi connectivity index (χ0) is 28.8. The van der Waals surface area contributed by atoms with Gasteiger partial charge < -0.3 is 24.2 Å². The molecule has 41 heavy (non-hydrogen) atoms. The summed E-state index contributed by atoms with van der Waals surface area (Å²) in [5, 5.41) is 11.1. The average Bonchev–Trinajstić information content (AvgIpc) is 3.33. The Bertz CT molecular complexity index is 1420. The molecule has 0 spiro atoms. The number of benzene rings is 3. The molecule has 0 saturated carbocycles. The number of hydrogen-bond acceptors (Lipinski definition) is 9. The van der Waals surface area contributed by atoms with Crippen LogP contribution in [-0.4, -0.2) is 60.0 Å². The van der Waals surface area contributed by atoms with Gasteiger partial charge >= 0.3 is 23.9 Å². The van der Waals surface area contributed by atoms with E-state index in [2.05, 4.69) is 5.43 Å². The number of ether oxygens (including phenoxy) is 4. The molecule has 2 aliphatic rings. The Hall–Kier alpha value is -5.04. The molecule has 1 fully saturated rings. The Morgan fingerprint density at radius 3 is 1.78 bits per heavy atom. The largest absolute Gasteiger partial charge is 0.603 e. The molecule has 0 bridgehead atoms. The van der Waals surface area contributed by atoms with Crippen molar-refractivity contribution in [2.45, 2.75) is 24.5 Å². The monoisotopic (exact) mass is 559 g/mol. The molecule has 0 aliphatic carbocycles. The van der Waals surface area contributed by atoms with E-state index in [0.29, 0.717) is 0 Å². The van der Waals surface area contributed by atoms with E-state index in [1.165, 1.54) is 30.5 Å². The molecule has 3 aromatic carbocycles. The Morgan fingerprint density at radius 2 is 1.27 bits per heavy atom. The van der Waals surface area contributed by atoms with E-state index in [4.69, 9.17) is 18.9 Å². The molecule has 5 rings (SSSR count). The molecule has 1 saturated heterocycles. The van der Waals surface area contributed by atoms with Crippen LogP contribution in [0.3, 0.4) is 0 Å². The van der Waals surface area contributed by atoms with Gasteiger partial charge in [0, 0.05) is 0 Å². The van der Waals surface area contributed by atoms with Gasteiger partial charge in [0.1, 0.15) is 18.9 Å². The summed E-state index contributed by atoms with van der Waals surface area (Å²) in [4.78, 5) is 52.7. The lowest BCUT2D eigenvalue weighted by Crippen LogP contribution is -3.12. The summed E-state index contributed by atoms with van der Waals surface area (Å²) in [6, 6.07) is 23.5. The fraction of sp³-hybridized carbons (Fsp3) is 0.172. The number of esters is 3. The zero-order valence-corrected chi connectivity index (χ0v) is 21.5. The lowest BCUT2D eigenvalue weighted by Gasteiger charge is -2.33. The maximum Gasteiger partial charge on any atom is 0.368 e. The van der Waals surface area contributed by atoms with E-state index in [0.717, 1.165) is 11.1 Å². The number of nitrogens with zero attached hydrogens (tertiary/aromatic N) is 1. The van der Waals surface area contributed by atoms with Crippen molar-refractivity contribution in [2.24, 2.45) is 0 Å². The maximum absolute atomic E-state index is 13.1. The molecule has 3 aromatic rings. The van der Waals surface area contributed by atoms with E-state index in [9.17, 15) is 24.4 Å². The third-order valence-electron chi connectivity index (χ3n) is 6.30. The van der Waals surface area contributed by atoms with E-state index >= 15 is 0 Å². The van der Waals surface area contributed by atoms with Crippen molar-refractivity contribution < 1.29 is 43.3 Å². The topological polar surface area (TPSA) is 148 Å². The second-order valence-corrected chi connectivity index (χ2v) is 9.02. The van der Waals surface area contributed by atoms with Gasteiger partial charge in [-0.3, -0.25) is 4.90 Å². The van der Waals surface area contributed by atoms with Gasteiger partial charge in [0.25, 0.3) is 0 Å². The van der Waals surface area contributed by atoms with Gasteiger partial charge in [-0.15, -0.1) is 0 Å². The van der Waals surface area contributed by atoms with E-state index < -0.39 is 60.3 Å². The third kappa shape index (κ3) is 6.41. The molecular weight excluding hydrogens is 534 g/mol. The van der Waals surface area contributed by atoms with Crippen molar-refractivity contribution >= 4 is 23.9 Å². The molecule has 12 heteroatoms. The molecule has 2 aliphatic heterocycles. The number of carbonyl (C=O) groups excluding carboxylic acids is 4. The summed E-state index contributed by atoms with van der Waals surface area (Å²) in [6.45, 7) is -0.408. The Morgan fingerprint density at radius 1 is 0.780 bits per heavy atom. The molecule has 12 nitrogen and oxygen atoms in total. The number of nitrogens with one attached hydrogen (secondary N) is 2. The lowest BCUT2D eigenvalue weighted by atomic mass is 10.1. The van der Waals surface area contributed by atoms with Crippen molar-refractivity contribution in [3.63, 3.8) is 0 Å². The summed E-state index contributed by atoms with van der Waals surface area (Å²) in [7, 11) is 0. The molecule has 0 radical (unpaired) electrons. The average molecular weight is 560 g/mol. The van der Waals surface area contributed by atoms with Crippen LogP contribution in [0, 0.1) is 5.21 Å². The van der Waals surface area contributed by atoms with Gasteiger partial charge in [0.05, 0.1) is 22.9 Å². The minimum absolute atomic E-state index is 0.201. The fourth-order valence-corrected chi connectivity index (χ4v) is 4.31. The van der Waals surface area contributed by atoms with E-state index in [-0.39, 0.29) is 16.7 Å². The van der Waals surface area contributed by atoms with Crippen LogP contribution in [0.4, 0.5) is 4.79 Å². The third-order valence-corrected chi connectivity index (χ3v) is 6.30. The molecule has 1 unspecified atom stereocenters. The minimum Gasteiger partial charge on any atom is -0.603 e. The number of rotatable bonds is 8. The minimum atomic E-state index is -1.38. The second kappa shape index (κ2) is 12.4. The fourth-order valence-electron chi connectivity index (χ4n) is 4.31. The quantitative estimate of drug-likeness (QED) is 0.240. The van der Waals surface area contributed by atoms with Gasteiger partial charge in [0.2, 0.25) is 0 Å². The Balaban J connectivity index is 1.46.